The molecule has 0 spiro atoms. The number of likely N-dealkylation sites (N-methyl/N-ethyl adjacent to an activating group) is 1. The summed E-state index contributed by atoms with van der Waals surface area (Å²) in [5.74, 6) is 0.390. The van der Waals surface area contributed by atoms with Crippen LogP contribution in [0.2, 0.25) is 0 Å². The van der Waals surface area contributed by atoms with E-state index in [0.717, 1.165) is 25.2 Å². The van der Waals surface area contributed by atoms with Crippen molar-refractivity contribution in [1.29, 1.82) is 0 Å². The largest absolute Gasteiger partial charge is 0.573 e. The number of hydrogen-bond donors (Lipinski definition) is 0. The van der Waals surface area contributed by atoms with E-state index in [0.29, 0.717) is 46.8 Å². The number of nitrogens with zero attached hydrogens (tertiary/aromatic N) is 1. The third-order valence-corrected chi connectivity index (χ3v) is 6.72. The zero-order chi connectivity index (χ0) is 24.0. The van der Waals surface area contributed by atoms with Crippen LogP contribution in [0.1, 0.15) is 35.6 Å². The maximum atomic E-state index is 12.8. The average Bonchev–Trinajstić information content (AvgIpc) is 3.54. The Hall–Kier alpha value is -3.01. The Morgan fingerprint density at radius 1 is 1.12 bits per heavy atom. The molecule has 2 aliphatic rings. The van der Waals surface area contributed by atoms with Crippen LogP contribution in [0.4, 0.5) is 13.2 Å². The van der Waals surface area contributed by atoms with Crippen LogP contribution in [-0.2, 0) is 14.6 Å². The lowest BCUT2D eigenvalue weighted by molar-refractivity contribution is -0.274. The molecule has 0 N–H and O–H groups in total. The van der Waals surface area contributed by atoms with Crippen molar-refractivity contribution < 1.29 is 35.9 Å². The minimum absolute atomic E-state index is 0.0431. The van der Waals surface area contributed by atoms with Crippen molar-refractivity contribution in [1.82, 2.24) is 4.90 Å². The highest BCUT2D eigenvalue weighted by Gasteiger charge is 2.33. The summed E-state index contributed by atoms with van der Waals surface area (Å²) in [6.07, 6.45) is 0.568. The normalized spacial score (nSPS) is 18.4. The molecule has 10 heteroatoms. The van der Waals surface area contributed by atoms with Gasteiger partial charge in [0, 0.05) is 30.6 Å². The first kappa shape index (κ1) is 23.2. The molecule has 1 aliphatic heterocycles. The molecule has 176 valence electrons. The Kier molecular flexibility index (Phi) is 5.90. The van der Waals surface area contributed by atoms with Crippen LogP contribution in [0, 0.1) is 5.92 Å². The molecule has 1 heterocycles. The standard InChI is InChI=1S/C23H22F3NO5S/c1-27-11-20(18-9-15(32-23(24,25)26)5-7-17(18)21(27)12-28)19-10-16(33(2,29)30)6-8-22(19)31-13-14-3-4-14/h5-12,14,21H,3-4,13H2,1-2H3. The number of rotatable bonds is 7. The molecule has 2 aromatic rings. The van der Waals surface area contributed by atoms with Crippen molar-refractivity contribution in [2.24, 2.45) is 5.92 Å². The number of aldehydes is 1. The summed E-state index contributed by atoms with van der Waals surface area (Å²) in [6, 6.07) is 7.47. The van der Waals surface area contributed by atoms with Crippen LogP contribution in [-0.4, -0.2) is 45.9 Å². The number of hydrogen-bond acceptors (Lipinski definition) is 6. The van der Waals surface area contributed by atoms with Gasteiger partial charge in [0.05, 0.1) is 11.5 Å². The second-order valence-electron chi connectivity index (χ2n) is 8.27. The minimum atomic E-state index is -4.89. The molecule has 2 aromatic carbocycles. The van der Waals surface area contributed by atoms with Gasteiger partial charge in [-0.05, 0) is 60.2 Å². The molecule has 0 amide bonds. The van der Waals surface area contributed by atoms with Crippen molar-refractivity contribution in [3.8, 4) is 11.5 Å². The first-order chi connectivity index (χ1) is 15.5. The Balaban J connectivity index is 1.88. The van der Waals surface area contributed by atoms with Gasteiger partial charge in [-0.1, -0.05) is 6.07 Å². The van der Waals surface area contributed by atoms with Crippen LogP contribution in [0.15, 0.2) is 47.5 Å². The first-order valence-electron chi connectivity index (χ1n) is 10.2. The van der Waals surface area contributed by atoms with E-state index in [-0.39, 0.29) is 4.90 Å². The number of benzene rings is 2. The fourth-order valence-electron chi connectivity index (χ4n) is 3.75. The number of fused-ring (bicyclic) bond motifs is 1. The van der Waals surface area contributed by atoms with Gasteiger partial charge in [0.25, 0.3) is 0 Å². The second-order valence-corrected chi connectivity index (χ2v) is 10.3. The molecular formula is C23H22F3NO5S. The summed E-state index contributed by atoms with van der Waals surface area (Å²) < 4.78 is 73.0. The van der Waals surface area contributed by atoms with E-state index >= 15 is 0 Å². The van der Waals surface area contributed by atoms with E-state index in [2.05, 4.69) is 4.74 Å². The average molecular weight is 481 g/mol. The van der Waals surface area contributed by atoms with E-state index in [4.69, 9.17) is 4.74 Å². The van der Waals surface area contributed by atoms with Crippen molar-refractivity contribution in [2.45, 2.75) is 30.1 Å². The summed E-state index contributed by atoms with van der Waals surface area (Å²) in [5.41, 5.74) is 1.63. The van der Waals surface area contributed by atoms with Gasteiger partial charge in [-0.2, -0.15) is 0 Å². The predicted molar refractivity (Wildman–Crippen MR) is 115 cm³/mol. The second kappa shape index (κ2) is 8.40. The molecule has 0 radical (unpaired) electrons. The Labute approximate surface area is 189 Å². The van der Waals surface area contributed by atoms with E-state index in [9.17, 15) is 26.4 Å². The smallest absolute Gasteiger partial charge is 0.493 e. The van der Waals surface area contributed by atoms with E-state index in [1.54, 1.807) is 24.2 Å². The van der Waals surface area contributed by atoms with Gasteiger partial charge >= 0.3 is 6.36 Å². The van der Waals surface area contributed by atoms with Gasteiger partial charge < -0.3 is 19.2 Å². The molecule has 1 fully saturated rings. The summed E-state index contributed by atoms with van der Waals surface area (Å²) in [6.45, 7) is 0.454. The van der Waals surface area contributed by atoms with Crippen molar-refractivity contribution >= 4 is 21.7 Å². The molecule has 4 rings (SSSR count). The topological polar surface area (TPSA) is 72.9 Å². The molecule has 0 bridgehead atoms. The van der Waals surface area contributed by atoms with Gasteiger partial charge in [-0.25, -0.2) is 8.42 Å². The first-order valence-corrected chi connectivity index (χ1v) is 12.1. The zero-order valence-corrected chi connectivity index (χ0v) is 18.7. The molecule has 1 saturated carbocycles. The van der Waals surface area contributed by atoms with Gasteiger partial charge in [-0.15, -0.1) is 13.2 Å². The molecule has 1 aliphatic carbocycles. The number of alkyl halides is 3. The van der Waals surface area contributed by atoms with E-state index in [1.165, 1.54) is 24.3 Å². The molecular weight excluding hydrogens is 459 g/mol. The number of sulfone groups is 1. The van der Waals surface area contributed by atoms with E-state index in [1.807, 2.05) is 0 Å². The van der Waals surface area contributed by atoms with Crippen LogP contribution < -0.4 is 9.47 Å². The Bertz CT molecular complexity index is 1220. The lowest BCUT2D eigenvalue weighted by atomic mass is 9.87. The maximum absolute atomic E-state index is 12.8. The van der Waals surface area contributed by atoms with Crippen molar-refractivity contribution in [3.05, 3.63) is 59.3 Å². The fourth-order valence-corrected chi connectivity index (χ4v) is 4.40. The molecule has 6 nitrogen and oxygen atoms in total. The Morgan fingerprint density at radius 3 is 2.45 bits per heavy atom. The highest BCUT2D eigenvalue weighted by molar-refractivity contribution is 7.90. The number of ether oxygens (including phenoxy) is 2. The monoisotopic (exact) mass is 481 g/mol. The summed E-state index contributed by atoms with van der Waals surface area (Å²) in [4.78, 5) is 13.4. The highest BCUT2D eigenvalue weighted by Crippen LogP contribution is 2.43. The van der Waals surface area contributed by atoms with Gasteiger partial charge in [0.2, 0.25) is 0 Å². The van der Waals surface area contributed by atoms with Crippen molar-refractivity contribution in [3.63, 3.8) is 0 Å². The third kappa shape index (κ3) is 5.16. The van der Waals surface area contributed by atoms with Gasteiger partial charge in [0.1, 0.15) is 23.8 Å². The number of halogens is 3. The summed E-state index contributed by atoms with van der Waals surface area (Å²) in [5, 5.41) is 0. The summed E-state index contributed by atoms with van der Waals surface area (Å²) >= 11 is 0. The Morgan fingerprint density at radius 2 is 1.85 bits per heavy atom. The molecule has 0 saturated heterocycles. The van der Waals surface area contributed by atoms with Crippen LogP contribution in [0.3, 0.4) is 0 Å². The highest BCUT2D eigenvalue weighted by atomic mass is 32.2. The van der Waals surface area contributed by atoms with Gasteiger partial charge in [0.15, 0.2) is 9.84 Å². The number of carbonyl (C=O) groups is 1. The minimum Gasteiger partial charge on any atom is -0.493 e. The predicted octanol–water partition coefficient (Wildman–Crippen LogP) is 4.35. The lowest BCUT2D eigenvalue weighted by Gasteiger charge is -2.32. The zero-order valence-electron chi connectivity index (χ0n) is 17.9. The molecule has 0 aromatic heterocycles. The molecule has 1 unspecified atom stereocenters. The third-order valence-electron chi connectivity index (χ3n) is 5.61. The van der Waals surface area contributed by atoms with Crippen LogP contribution >= 0.6 is 0 Å². The SMILES string of the molecule is CN1C=C(c2cc(S(C)(=O)=O)ccc2OCC2CC2)c2cc(OC(F)(F)F)ccc2C1C=O. The lowest BCUT2D eigenvalue weighted by Crippen LogP contribution is -2.26. The fraction of sp³-hybridized carbons (Fsp3) is 0.348. The van der Waals surface area contributed by atoms with E-state index < -0.39 is 28.0 Å². The quantitative estimate of drug-likeness (QED) is 0.548. The van der Waals surface area contributed by atoms with Crippen LogP contribution in [0.25, 0.3) is 5.57 Å². The van der Waals surface area contributed by atoms with Crippen molar-refractivity contribution in [2.75, 3.05) is 19.9 Å². The molecule has 1 atom stereocenters. The van der Waals surface area contributed by atoms with Crippen LogP contribution in [0.5, 0.6) is 11.5 Å². The summed E-state index contributed by atoms with van der Waals surface area (Å²) in [7, 11) is -1.90. The number of carbonyl (C=O) groups excluding carboxylic acids is 1. The molecule has 33 heavy (non-hydrogen) atoms. The van der Waals surface area contributed by atoms with Gasteiger partial charge in [-0.3, -0.25) is 0 Å². The maximum Gasteiger partial charge on any atom is 0.573 e.